The lowest BCUT2D eigenvalue weighted by atomic mass is 9.84. The number of fused-ring (bicyclic) bond motifs is 2. The number of nitrogens with zero attached hydrogens (tertiary/aromatic N) is 1. The van der Waals surface area contributed by atoms with Crippen LogP contribution in [-0.2, 0) is 22.1 Å². The summed E-state index contributed by atoms with van der Waals surface area (Å²) in [6.07, 6.45) is 6.48. The molecule has 1 aliphatic carbocycles. The number of methoxy groups -OCH3 is 3. The minimum Gasteiger partial charge on any atom is -1.00 e. The van der Waals surface area contributed by atoms with Gasteiger partial charge in [0.25, 0.3) is 7.11 Å². The van der Waals surface area contributed by atoms with Gasteiger partial charge in [0.1, 0.15) is 22.8 Å². The Balaban J connectivity index is 0.000000911. The number of halogens is 5. The van der Waals surface area contributed by atoms with Crippen molar-refractivity contribution in [2.24, 2.45) is 0 Å². The number of ketones is 1. The van der Waals surface area contributed by atoms with Crippen molar-refractivity contribution >= 4 is 52.9 Å². The summed E-state index contributed by atoms with van der Waals surface area (Å²) >= 11 is 2.34. The molecule has 5 nitrogen and oxygen atoms in total. The molecule has 0 saturated carbocycles. The minimum atomic E-state index is -3.67. The maximum absolute atomic E-state index is 9.67. The Morgan fingerprint density at radius 2 is 1.52 bits per heavy atom. The summed E-state index contributed by atoms with van der Waals surface area (Å²) in [7, 11) is 3.16. The second kappa shape index (κ2) is 14.9. The highest BCUT2D eigenvalue weighted by Gasteiger charge is 2.33. The molecule has 0 saturated heterocycles. The van der Waals surface area contributed by atoms with Crippen LogP contribution in [0.5, 0.6) is 11.5 Å². The van der Waals surface area contributed by atoms with Crippen molar-refractivity contribution in [2.45, 2.75) is 13.0 Å². The van der Waals surface area contributed by atoms with E-state index in [0.717, 1.165) is 62.3 Å². The van der Waals surface area contributed by atoms with Crippen LogP contribution in [0.3, 0.4) is 0 Å². The lowest BCUT2D eigenvalue weighted by molar-refractivity contribution is -0.418. The molecule has 5 rings (SSSR count). The number of hydrogen-bond donors (Lipinski definition) is 0. The summed E-state index contributed by atoms with van der Waals surface area (Å²) in [4.78, 5) is 2.35. The van der Waals surface area contributed by atoms with Gasteiger partial charge in [-0.25, -0.2) is 0 Å². The molecule has 0 spiro atoms. The predicted molar refractivity (Wildman–Crippen MR) is 166 cm³/mol. The molecule has 2 aliphatic rings. The normalized spacial score (nSPS) is 16.4. The topological polar surface area (TPSA) is 42.2 Å². The van der Waals surface area contributed by atoms with Gasteiger partial charge >= 0.3 is 13.3 Å². The molecule has 0 radical (unpaired) electrons. The lowest BCUT2D eigenvalue weighted by Gasteiger charge is -2.33. The summed E-state index contributed by atoms with van der Waals surface area (Å²) in [5.74, 6) is 3.13. The number of rotatable bonds is 4. The van der Waals surface area contributed by atoms with E-state index in [0.29, 0.717) is 13.0 Å². The fraction of sp³-hybridized carbons (Fsp3) is 0.194. The first-order valence-electron chi connectivity index (χ1n) is 12.7. The van der Waals surface area contributed by atoms with Crippen LogP contribution in [0, 0.1) is 3.57 Å². The zero-order valence-corrected chi connectivity index (χ0v) is 25.6. The summed E-state index contributed by atoms with van der Waals surface area (Å²) < 4.78 is 53.8. The van der Waals surface area contributed by atoms with E-state index in [4.69, 9.17) is 18.6 Å². The fourth-order valence-corrected chi connectivity index (χ4v) is 5.49. The van der Waals surface area contributed by atoms with E-state index in [9.17, 15) is 12.9 Å². The Labute approximate surface area is 256 Å². The van der Waals surface area contributed by atoms with E-state index in [2.05, 4.69) is 76.0 Å². The van der Waals surface area contributed by atoms with Gasteiger partial charge in [-0.2, -0.15) is 0 Å². The van der Waals surface area contributed by atoms with Crippen LogP contribution >= 0.6 is 22.6 Å². The summed E-state index contributed by atoms with van der Waals surface area (Å²) in [5.41, 5.74) is 7.47. The zero-order chi connectivity index (χ0) is 29.5. The molecule has 1 aliphatic heterocycles. The van der Waals surface area contributed by atoms with Crippen molar-refractivity contribution in [2.75, 3.05) is 33.3 Å². The van der Waals surface area contributed by atoms with E-state index >= 15 is 0 Å². The third-order valence-corrected chi connectivity index (χ3v) is 7.52. The second-order valence-corrected chi connectivity index (χ2v) is 10.2. The summed E-state index contributed by atoms with van der Waals surface area (Å²) in [6.45, 7) is 0.647. The van der Waals surface area contributed by atoms with Crippen LogP contribution in [0.2, 0.25) is 0 Å². The Morgan fingerprint density at radius 1 is 0.881 bits per heavy atom. The monoisotopic (exact) mass is 693 g/mol. The molecular formula is C31H29BF4INO4. The van der Waals surface area contributed by atoms with Crippen molar-refractivity contribution in [3.05, 3.63) is 110 Å². The standard InChI is InChI=1S/C31H29INO4.BF3.FH/c1-34-26-10-6-9-25-23(26)18-24(31-28(36-3)12-7-13-29(31)37-4)30-20(8-5-11-27(30)35-2)19-33(25)22-16-14-21(32)15-17-22;2-1(3)4;/h5-17H,18-19H2,1-4H3;;1H/q+1;;/p-1. The molecule has 1 heterocycles. The average Bonchev–Trinajstić information content (AvgIpc) is 2.97. The van der Waals surface area contributed by atoms with Gasteiger partial charge in [-0.05, 0) is 88.3 Å². The fourth-order valence-electron chi connectivity index (χ4n) is 5.13. The lowest BCUT2D eigenvalue weighted by Crippen LogP contribution is -3.00. The van der Waals surface area contributed by atoms with Gasteiger partial charge in [0.05, 0.1) is 21.3 Å². The molecule has 0 bridgehead atoms. The highest BCUT2D eigenvalue weighted by atomic mass is 127. The average molecular weight is 693 g/mol. The van der Waals surface area contributed by atoms with Gasteiger partial charge in [-0.1, -0.05) is 18.2 Å². The van der Waals surface area contributed by atoms with Crippen LogP contribution in [0.25, 0.3) is 5.57 Å². The number of anilines is 2. The van der Waals surface area contributed by atoms with Gasteiger partial charge in [-0.15, -0.1) is 0 Å². The smallest absolute Gasteiger partial charge is 0.762 e. The van der Waals surface area contributed by atoms with E-state index in [-0.39, 0.29) is 4.70 Å². The van der Waals surface area contributed by atoms with Crippen LogP contribution in [-0.4, -0.2) is 41.8 Å². The molecule has 0 fully saturated rings. The summed E-state index contributed by atoms with van der Waals surface area (Å²) in [6, 6.07) is 21.1. The molecule has 3 aromatic rings. The first kappa shape index (κ1) is 32.8. The first-order chi connectivity index (χ1) is 19.8. The number of benzene rings is 3. The van der Waals surface area contributed by atoms with E-state index in [1.54, 1.807) is 28.4 Å². The maximum atomic E-state index is 9.67. The molecule has 0 unspecified atom stereocenters. The van der Waals surface area contributed by atoms with Crippen LogP contribution in [0.1, 0.15) is 16.7 Å². The van der Waals surface area contributed by atoms with Gasteiger partial charge in [0.15, 0.2) is 0 Å². The van der Waals surface area contributed by atoms with Crippen molar-refractivity contribution < 1.29 is 36.3 Å². The van der Waals surface area contributed by atoms with Crippen LogP contribution in [0.15, 0.2) is 90.2 Å². The number of allylic oxidation sites excluding steroid dienone is 5. The van der Waals surface area contributed by atoms with Gasteiger partial charge in [0.2, 0.25) is 0 Å². The number of ether oxygens (including phenoxy) is 3. The Kier molecular flexibility index (Phi) is 11.7. The maximum Gasteiger partial charge on any atom is 0.762 e. The van der Waals surface area contributed by atoms with Crippen LogP contribution in [0.4, 0.5) is 24.3 Å². The Morgan fingerprint density at radius 3 is 2.14 bits per heavy atom. The zero-order valence-electron chi connectivity index (χ0n) is 23.5. The Hall–Kier alpha value is -3.74. The largest absolute Gasteiger partial charge is 1.00 e. The SMILES string of the molecule is COC1=CC=CC(=[O+]C)C1=C1Cc2c(OC)cccc2N(c2ccc(I)cc2)Cc2cccc(OC)c21.FB(F)F.[F-]. The van der Waals surface area contributed by atoms with Gasteiger partial charge < -0.3 is 23.8 Å². The minimum absolute atomic E-state index is 0. The van der Waals surface area contributed by atoms with E-state index in [1.807, 2.05) is 30.4 Å². The van der Waals surface area contributed by atoms with E-state index < -0.39 is 7.54 Å². The van der Waals surface area contributed by atoms with Crippen molar-refractivity contribution in [3.63, 3.8) is 0 Å². The first-order valence-corrected chi connectivity index (χ1v) is 13.7. The van der Waals surface area contributed by atoms with Crippen molar-refractivity contribution in [3.8, 4) is 11.5 Å². The van der Waals surface area contributed by atoms with Gasteiger partial charge in [0, 0.05) is 45.1 Å². The number of carbonyl (C=O) groups excluding carboxylic acids is 1. The highest BCUT2D eigenvalue weighted by Crippen LogP contribution is 2.45. The molecule has 11 heteroatoms. The number of hydrogen-bond acceptors (Lipinski definition) is 4. The molecular weight excluding hydrogens is 664 g/mol. The van der Waals surface area contributed by atoms with E-state index in [1.165, 1.54) is 3.57 Å². The van der Waals surface area contributed by atoms with Crippen molar-refractivity contribution in [1.29, 1.82) is 0 Å². The molecule has 220 valence electrons. The highest BCUT2D eigenvalue weighted by molar-refractivity contribution is 14.1. The Bertz CT molecular complexity index is 1520. The summed E-state index contributed by atoms with van der Waals surface area (Å²) in [5, 5.41) is 0. The quantitative estimate of drug-likeness (QED) is 0.131. The molecule has 0 amide bonds. The van der Waals surface area contributed by atoms with Crippen molar-refractivity contribution in [1.82, 2.24) is 0 Å². The molecule has 0 atom stereocenters. The second-order valence-electron chi connectivity index (χ2n) is 8.96. The third-order valence-electron chi connectivity index (χ3n) is 6.80. The van der Waals surface area contributed by atoms with Crippen LogP contribution < -0.4 is 19.1 Å². The van der Waals surface area contributed by atoms with Gasteiger partial charge in [-0.3, -0.25) is 17.4 Å². The predicted octanol–water partition coefficient (Wildman–Crippen LogP) is 4.67. The third kappa shape index (κ3) is 7.00. The molecule has 0 N–H and O–H groups in total. The molecule has 0 aromatic heterocycles. The molecule has 3 aromatic carbocycles. The molecule has 42 heavy (non-hydrogen) atoms.